The molecule has 1 aromatic heterocycles. The Balaban J connectivity index is 2.16. The van der Waals surface area contributed by atoms with E-state index in [0.717, 1.165) is 12.1 Å². The second-order valence-electron chi connectivity index (χ2n) is 4.07. The van der Waals surface area contributed by atoms with Crippen LogP contribution in [0.2, 0.25) is 0 Å². The largest absolute Gasteiger partial charge is 0.416 e. The summed E-state index contributed by atoms with van der Waals surface area (Å²) in [7, 11) is 0. The van der Waals surface area contributed by atoms with Gasteiger partial charge in [0.2, 0.25) is 17.6 Å². The van der Waals surface area contributed by atoms with Gasteiger partial charge in [-0.15, -0.1) is 0 Å². The maximum absolute atomic E-state index is 12.6. The summed E-state index contributed by atoms with van der Waals surface area (Å²) in [6.45, 7) is -0.226. The van der Waals surface area contributed by atoms with Crippen molar-refractivity contribution in [1.29, 1.82) is 0 Å². The standard InChI is InChI=1S/C12H11F3N4O2/c13-12(14,15)8-3-1-2-7(4-8)11-18-10(21-19-11)6-17-9(20)5-16/h1-4H,5-6,16H2,(H,17,20). The van der Waals surface area contributed by atoms with Crippen LogP contribution in [0.5, 0.6) is 0 Å². The molecule has 0 aliphatic rings. The molecule has 1 aromatic carbocycles. The number of nitrogens with one attached hydrogen (secondary N) is 1. The zero-order valence-electron chi connectivity index (χ0n) is 10.6. The number of aromatic nitrogens is 2. The highest BCUT2D eigenvalue weighted by Gasteiger charge is 2.30. The van der Waals surface area contributed by atoms with Gasteiger partial charge in [-0.3, -0.25) is 4.79 Å². The SMILES string of the molecule is NCC(=O)NCc1nc(-c2cccc(C(F)(F)F)c2)no1. The number of nitrogens with two attached hydrogens (primary N) is 1. The molecule has 0 radical (unpaired) electrons. The summed E-state index contributed by atoms with van der Waals surface area (Å²) in [6, 6.07) is 4.56. The van der Waals surface area contributed by atoms with Gasteiger partial charge in [-0.25, -0.2) is 0 Å². The molecule has 0 bridgehead atoms. The Morgan fingerprint density at radius 2 is 2.14 bits per heavy atom. The number of nitrogens with zero attached hydrogens (tertiary/aromatic N) is 2. The number of alkyl halides is 3. The van der Waals surface area contributed by atoms with Crippen molar-refractivity contribution in [2.75, 3.05) is 6.54 Å². The minimum Gasteiger partial charge on any atom is -0.346 e. The van der Waals surface area contributed by atoms with Crippen LogP contribution < -0.4 is 11.1 Å². The maximum atomic E-state index is 12.6. The van der Waals surface area contributed by atoms with Crippen molar-refractivity contribution in [1.82, 2.24) is 15.5 Å². The van der Waals surface area contributed by atoms with E-state index in [4.69, 9.17) is 10.3 Å². The Kier molecular flexibility index (Phi) is 4.22. The zero-order valence-corrected chi connectivity index (χ0v) is 10.6. The fraction of sp³-hybridized carbons (Fsp3) is 0.250. The molecule has 0 saturated heterocycles. The molecule has 0 unspecified atom stereocenters. The number of amides is 1. The molecular formula is C12H11F3N4O2. The Bertz CT molecular complexity index is 639. The van der Waals surface area contributed by atoms with Crippen molar-refractivity contribution in [2.24, 2.45) is 5.73 Å². The van der Waals surface area contributed by atoms with Crippen molar-refractivity contribution >= 4 is 5.91 Å². The number of carbonyl (C=O) groups is 1. The average Bonchev–Trinajstić information content (AvgIpc) is 2.93. The summed E-state index contributed by atoms with van der Waals surface area (Å²) in [4.78, 5) is 14.9. The molecule has 2 rings (SSSR count). The van der Waals surface area contributed by atoms with E-state index in [9.17, 15) is 18.0 Å². The number of rotatable bonds is 4. The van der Waals surface area contributed by atoms with Gasteiger partial charge >= 0.3 is 6.18 Å². The molecule has 0 spiro atoms. The molecular weight excluding hydrogens is 289 g/mol. The van der Waals surface area contributed by atoms with Gasteiger partial charge in [0.05, 0.1) is 18.7 Å². The monoisotopic (exact) mass is 300 g/mol. The normalized spacial score (nSPS) is 11.4. The van der Waals surface area contributed by atoms with E-state index in [1.54, 1.807) is 0 Å². The summed E-state index contributed by atoms with van der Waals surface area (Å²) < 4.78 is 42.7. The van der Waals surface area contributed by atoms with Crippen LogP contribution in [0.25, 0.3) is 11.4 Å². The number of halogens is 3. The van der Waals surface area contributed by atoms with Gasteiger partial charge < -0.3 is 15.6 Å². The van der Waals surface area contributed by atoms with Gasteiger partial charge in [-0.1, -0.05) is 17.3 Å². The number of carbonyl (C=O) groups excluding carboxylic acids is 1. The molecule has 3 N–H and O–H groups in total. The van der Waals surface area contributed by atoms with Gasteiger partial charge in [-0.2, -0.15) is 18.2 Å². The molecule has 1 amide bonds. The van der Waals surface area contributed by atoms with Gasteiger partial charge in [0.25, 0.3) is 0 Å². The smallest absolute Gasteiger partial charge is 0.346 e. The second-order valence-corrected chi connectivity index (χ2v) is 4.07. The van der Waals surface area contributed by atoms with Crippen LogP contribution in [0.1, 0.15) is 11.5 Å². The Morgan fingerprint density at radius 3 is 2.81 bits per heavy atom. The van der Waals surface area contributed by atoms with Gasteiger partial charge in [0, 0.05) is 5.56 Å². The minimum absolute atomic E-state index is 0.0121. The predicted octanol–water partition coefficient (Wildman–Crippen LogP) is 1.33. The van der Waals surface area contributed by atoms with Crippen LogP contribution in [0.4, 0.5) is 13.2 Å². The van der Waals surface area contributed by atoms with Gasteiger partial charge in [0.15, 0.2) is 0 Å². The highest BCUT2D eigenvalue weighted by Crippen LogP contribution is 2.31. The van der Waals surface area contributed by atoms with Gasteiger partial charge in [-0.05, 0) is 12.1 Å². The quantitative estimate of drug-likeness (QED) is 0.888. The molecule has 1 heterocycles. The molecule has 0 saturated carbocycles. The van der Waals surface area contributed by atoms with Crippen LogP contribution in [0.3, 0.4) is 0 Å². The van der Waals surface area contributed by atoms with Gasteiger partial charge in [0.1, 0.15) is 0 Å². The van der Waals surface area contributed by atoms with E-state index >= 15 is 0 Å². The van der Waals surface area contributed by atoms with Crippen LogP contribution in [0.15, 0.2) is 28.8 Å². The third-order valence-corrected chi connectivity index (χ3v) is 2.54. The summed E-state index contributed by atoms with van der Waals surface area (Å²) in [5.74, 6) is -0.323. The first-order chi connectivity index (χ1) is 9.90. The van der Waals surface area contributed by atoms with Crippen molar-refractivity contribution in [2.45, 2.75) is 12.7 Å². The lowest BCUT2D eigenvalue weighted by Gasteiger charge is -2.06. The van der Waals surface area contributed by atoms with Crippen LogP contribution in [-0.2, 0) is 17.5 Å². The van der Waals surface area contributed by atoms with E-state index in [-0.39, 0.29) is 30.4 Å². The Labute approximate surface area is 117 Å². The summed E-state index contributed by atoms with van der Waals surface area (Å²) in [5.41, 5.74) is 4.47. The molecule has 112 valence electrons. The highest BCUT2D eigenvalue weighted by atomic mass is 19.4. The first-order valence-electron chi connectivity index (χ1n) is 5.87. The average molecular weight is 300 g/mol. The zero-order chi connectivity index (χ0) is 15.5. The predicted molar refractivity (Wildman–Crippen MR) is 65.6 cm³/mol. The molecule has 0 aliphatic carbocycles. The van der Waals surface area contributed by atoms with Crippen molar-refractivity contribution in [3.63, 3.8) is 0 Å². The van der Waals surface area contributed by atoms with Crippen LogP contribution >= 0.6 is 0 Å². The molecule has 2 aromatic rings. The Hall–Kier alpha value is -2.42. The van der Waals surface area contributed by atoms with Crippen molar-refractivity contribution in [3.05, 3.63) is 35.7 Å². The molecule has 0 fully saturated rings. The molecule has 0 atom stereocenters. The highest BCUT2D eigenvalue weighted by molar-refractivity contribution is 5.77. The fourth-order valence-corrected chi connectivity index (χ4v) is 1.52. The Morgan fingerprint density at radius 1 is 1.38 bits per heavy atom. The number of benzene rings is 1. The number of hydrogen-bond donors (Lipinski definition) is 2. The van der Waals surface area contributed by atoms with E-state index in [1.165, 1.54) is 12.1 Å². The third kappa shape index (κ3) is 3.78. The van der Waals surface area contributed by atoms with E-state index in [0.29, 0.717) is 0 Å². The van der Waals surface area contributed by atoms with Crippen molar-refractivity contribution < 1.29 is 22.5 Å². The lowest BCUT2D eigenvalue weighted by atomic mass is 10.1. The first kappa shape index (κ1) is 15.0. The first-order valence-corrected chi connectivity index (χ1v) is 5.87. The second kappa shape index (κ2) is 5.92. The van der Waals surface area contributed by atoms with Crippen LogP contribution in [0, 0.1) is 0 Å². The topological polar surface area (TPSA) is 94.0 Å². The van der Waals surface area contributed by atoms with Crippen molar-refractivity contribution in [3.8, 4) is 11.4 Å². The van der Waals surface area contributed by atoms with E-state index in [2.05, 4.69) is 15.5 Å². The fourth-order valence-electron chi connectivity index (χ4n) is 1.52. The minimum atomic E-state index is -4.45. The summed E-state index contributed by atoms with van der Waals surface area (Å²) >= 11 is 0. The van der Waals surface area contributed by atoms with E-state index in [1.807, 2.05) is 0 Å². The third-order valence-electron chi connectivity index (χ3n) is 2.54. The summed E-state index contributed by atoms with van der Waals surface area (Å²) in [6.07, 6.45) is -4.45. The van der Waals surface area contributed by atoms with Crippen LogP contribution in [-0.4, -0.2) is 22.6 Å². The number of hydrogen-bond acceptors (Lipinski definition) is 5. The lowest BCUT2D eigenvalue weighted by molar-refractivity contribution is -0.137. The summed E-state index contributed by atoms with van der Waals surface area (Å²) in [5, 5.41) is 5.99. The van der Waals surface area contributed by atoms with E-state index < -0.39 is 17.6 Å². The molecule has 0 aliphatic heterocycles. The lowest BCUT2D eigenvalue weighted by Crippen LogP contribution is -2.29. The maximum Gasteiger partial charge on any atom is 0.416 e. The molecule has 21 heavy (non-hydrogen) atoms. The molecule has 9 heteroatoms. The molecule has 6 nitrogen and oxygen atoms in total.